The van der Waals surface area contributed by atoms with Crippen LogP contribution < -0.4 is 0 Å². The van der Waals surface area contributed by atoms with Gasteiger partial charge in [-0.25, -0.2) is 0 Å². The average molecular weight is 309 g/mol. The Morgan fingerprint density at radius 2 is 2.19 bits per heavy atom. The van der Waals surface area contributed by atoms with Gasteiger partial charge in [0.05, 0.1) is 23.1 Å². The van der Waals surface area contributed by atoms with Crippen LogP contribution in [0.3, 0.4) is 0 Å². The van der Waals surface area contributed by atoms with Crippen LogP contribution in [-0.4, -0.2) is 14.6 Å². The Kier molecular flexibility index (Phi) is 4.98. The Balaban J connectivity index is 2.22. The van der Waals surface area contributed by atoms with Crippen molar-refractivity contribution in [2.75, 3.05) is 0 Å². The molecule has 0 radical (unpaired) electrons. The molecule has 0 aliphatic rings. The topological polar surface area (TPSA) is 68.3 Å². The third-order valence-electron chi connectivity index (χ3n) is 3.31. The minimum Gasteiger partial charge on any atom is -0.388 e. The Bertz CT molecular complexity index is 640. The van der Waals surface area contributed by atoms with Crippen molar-refractivity contribution in [3.05, 3.63) is 62.9 Å². The van der Waals surface area contributed by atoms with Crippen LogP contribution in [-0.2, 0) is 6.54 Å². The molecule has 6 heteroatoms. The highest BCUT2D eigenvalue weighted by Crippen LogP contribution is 2.25. The lowest BCUT2D eigenvalue weighted by atomic mass is 10.1. The predicted octanol–water partition coefficient (Wildman–Crippen LogP) is 3.93. The molecule has 1 aromatic carbocycles. The molecule has 0 spiro atoms. The molecule has 0 saturated heterocycles. The number of aliphatic hydroxyl groups excluding tert-OH is 1. The smallest absolute Gasteiger partial charge is 0.274 e. The molecule has 1 unspecified atom stereocenters. The summed E-state index contributed by atoms with van der Waals surface area (Å²) < 4.78 is 1.81. The third-order valence-corrected chi connectivity index (χ3v) is 3.55. The summed E-state index contributed by atoms with van der Waals surface area (Å²) in [5.41, 5.74) is 1.41. The van der Waals surface area contributed by atoms with Crippen molar-refractivity contribution in [2.24, 2.45) is 0 Å². The lowest BCUT2D eigenvalue weighted by Gasteiger charge is -2.07. The predicted molar refractivity (Wildman–Crippen MR) is 81.5 cm³/mol. The molecule has 2 aromatic rings. The molecule has 1 aromatic heterocycles. The minimum atomic E-state index is -0.495. The van der Waals surface area contributed by atoms with E-state index in [-0.39, 0.29) is 5.69 Å². The van der Waals surface area contributed by atoms with E-state index in [1.807, 2.05) is 23.8 Å². The van der Waals surface area contributed by atoms with Crippen LogP contribution in [0, 0.1) is 10.1 Å². The lowest BCUT2D eigenvalue weighted by molar-refractivity contribution is -0.385. The van der Waals surface area contributed by atoms with Crippen molar-refractivity contribution in [2.45, 2.75) is 32.4 Å². The molecule has 2 rings (SSSR count). The van der Waals surface area contributed by atoms with Crippen LogP contribution >= 0.6 is 11.6 Å². The zero-order valence-electron chi connectivity index (χ0n) is 11.7. The molecule has 5 nitrogen and oxygen atoms in total. The van der Waals surface area contributed by atoms with Crippen molar-refractivity contribution >= 4 is 17.3 Å². The maximum Gasteiger partial charge on any atom is 0.274 e. The number of hydrogen-bond acceptors (Lipinski definition) is 3. The number of halogens is 1. The molecular weight excluding hydrogens is 292 g/mol. The van der Waals surface area contributed by atoms with E-state index >= 15 is 0 Å². The Morgan fingerprint density at radius 3 is 2.86 bits per heavy atom. The fourth-order valence-corrected chi connectivity index (χ4v) is 2.45. The van der Waals surface area contributed by atoms with Crippen LogP contribution in [0.15, 0.2) is 36.7 Å². The molecule has 0 amide bonds. The molecule has 1 heterocycles. The lowest BCUT2D eigenvalue weighted by Crippen LogP contribution is -2.02. The second-order valence-corrected chi connectivity index (χ2v) is 5.39. The molecule has 1 atom stereocenters. The van der Waals surface area contributed by atoms with Gasteiger partial charge in [0.1, 0.15) is 0 Å². The summed E-state index contributed by atoms with van der Waals surface area (Å²) in [5.74, 6) is 0. The number of nitro benzene ring substituents is 1. The van der Waals surface area contributed by atoms with E-state index in [9.17, 15) is 15.2 Å². The summed E-state index contributed by atoms with van der Waals surface area (Å²) in [6.07, 6.45) is 4.71. The van der Waals surface area contributed by atoms with Gasteiger partial charge in [-0.1, -0.05) is 24.9 Å². The summed E-state index contributed by atoms with van der Waals surface area (Å²) >= 11 is 5.91. The first kappa shape index (κ1) is 15.5. The summed E-state index contributed by atoms with van der Waals surface area (Å²) in [6.45, 7) is 2.35. The number of aliphatic hydroxyl groups is 1. The van der Waals surface area contributed by atoms with Gasteiger partial charge in [0.15, 0.2) is 0 Å². The number of benzene rings is 1. The van der Waals surface area contributed by atoms with E-state index in [2.05, 4.69) is 0 Å². The summed E-state index contributed by atoms with van der Waals surface area (Å²) in [4.78, 5) is 10.6. The van der Waals surface area contributed by atoms with Gasteiger partial charge in [0, 0.05) is 23.5 Å². The highest BCUT2D eigenvalue weighted by Gasteiger charge is 2.15. The Morgan fingerprint density at radius 1 is 1.43 bits per heavy atom. The fraction of sp³-hybridized carbons (Fsp3) is 0.333. The quantitative estimate of drug-likeness (QED) is 0.649. The van der Waals surface area contributed by atoms with Crippen LogP contribution in [0.1, 0.15) is 37.0 Å². The van der Waals surface area contributed by atoms with E-state index in [0.29, 0.717) is 23.6 Å². The average Bonchev–Trinajstić information content (AvgIpc) is 2.87. The molecule has 0 fully saturated rings. The number of rotatable bonds is 6. The van der Waals surface area contributed by atoms with E-state index < -0.39 is 11.0 Å². The largest absolute Gasteiger partial charge is 0.388 e. The maximum absolute atomic E-state index is 11.0. The van der Waals surface area contributed by atoms with Gasteiger partial charge < -0.3 is 9.67 Å². The SMILES string of the molecule is CCCC(O)c1ccn(Cc2cc(Cl)ccc2[N+](=O)[O-])c1. The van der Waals surface area contributed by atoms with Crippen LogP contribution in [0.4, 0.5) is 5.69 Å². The highest BCUT2D eigenvalue weighted by atomic mass is 35.5. The zero-order valence-corrected chi connectivity index (χ0v) is 12.5. The monoisotopic (exact) mass is 308 g/mol. The third kappa shape index (κ3) is 3.83. The van der Waals surface area contributed by atoms with Crippen LogP contribution in [0.25, 0.3) is 0 Å². The van der Waals surface area contributed by atoms with Crippen molar-refractivity contribution in [3.8, 4) is 0 Å². The van der Waals surface area contributed by atoms with Crippen molar-refractivity contribution < 1.29 is 10.0 Å². The van der Waals surface area contributed by atoms with Crippen molar-refractivity contribution in [1.82, 2.24) is 4.57 Å². The molecule has 0 saturated carbocycles. The summed E-state index contributed by atoms with van der Waals surface area (Å²) in [7, 11) is 0. The van der Waals surface area contributed by atoms with Crippen LogP contribution in [0.5, 0.6) is 0 Å². The van der Waals surface area contributed by atoms with Crippen molar-refractivity contribution in [3.63, 3.8) is 0 Å². The van der Waals surface area contributed by atoms with Crippen LogP contribution in [0.2, 0.25) is 5.02 Å². The number of aromatic nitrogens is 1. The molecule has 0 aliphatic carbocycles. The minimum absolute atomic E-state index is 0.0451. The normalized spacial score (nSPS) is 12.3. The second kappa shape index (κ2) is 6.74. The summed E-state index contributed by atoms with van der Waals surface area (Å²) in [6, 6.07) is 6.35. The number of nitrogens with zero attached hydrogens (tertiary/aromatic N) is 2. The van der Waals surface area contributed by atoms with Gasteiger partial charge in [-0.15, -0.1) is 0 Å². The first-order chi connectivity index (χ1) is 10.0. The highest BCUT2D eigenvalue weighted by molar-refractivity contribution is 6.30. The van der Waals surface area contributed by atoms with E-state index in [1.54, 1.807) is 12.3 Å². The Hall–Kier alpha value is -1.85. The fourth-order valence-electron chi connectivity index (χ4n) is 2.25. The van der Waals surface area contributed by atoms with Gasteiger partial charge >= 0.3 is 0 Å². The van der Waals surface area contributed by atoms with Gasteiger partial charge in [0.2, 0.25) is 0 Å². The Labute approximate surface area is 127 Å². The maximum atomic E-state index is 11.0. The van der Waals surface area contributed by atoms with E-state index in [1.165, 1.54) is 12.1 Å². The standard InChI is InChI=1S/C15H17ClN2O3/c1-2-3-15(19)11-6-7-17(9-11)10-12-8-13(16)4-5-14(12)18(20)21/h4-9,15,19H,2-3,10H2,1H3. The first-order valence-corrected chi connectivity index (χ1v) is 7.15. The number of hydrogen-bond donors (Lipinski definition) is 1. The van der Waals surface area contributed by atoms with E-state index in [4.69, 9.17) is 11.6 Å². The molecular formula is C15H17ClN2O3. The second-order valence-electron chi connectivity index (χ2n) is 4.95. The summed E-state index contributed by atoms with van der Waals surface area (Å²) in [5, 5.41) is 21.4. The first-order valence-electron chi connectivity index (χ1n) is 6.77. The molecule has 0 bridgehead atoms. The van der Waals surface area contributed by atoms with Gasteiger partial charge in [0.25, 0.3) is 5.69 Å². The molecule has 0 aliphatic heterocycles. The zero-order chi connectivity index (χ0) is 15.4. The number of nitro groups is 1. The molecule has 112 valence electrons. The van der Waals surface area contributed by atoms with Gasteiger partial charge in [-0.05, 0) is 30.2 Å². The van der Waals surface area contributed by atoms with E-state index in [0.717, 1.165) is 12.0 Å². The van der Waals surface area contributed by atoms with Gasteiger partial charge in [-0.2, -0.15) is 0 Å². The van der Waals surface area contributed by atoms with Crippen molar-refractivity contribution in [1.29, 1.82) is 0 Å². The molecule has 21 heavy (non-hydrogen) atoms. The molecule has 1 N–H and O–H groups in total. The van der Waals surface area contributed by atoms with Gasteiger partial charge in [-0.3, -0.25) is 10.1 Å².